The van der Waals surface area contributed by atoms with Gasteiger partial charge in [0, 0.05) is 18.3 Å². The molecule has 25 heavy (non-hydrogen) atoms. The van der Waals surface area contributed by atoms with Crippen LogP contribution in [0.5, 0.6) is 5.75 Å². The number of nitrogens with one attached hydrogen (secondary N) is 1. The lowest BCUT2D eigenvalue weighted by molar-refractivity contribution is -0.135. The number of methoxy groups -OCH3 is 1. The molecule has 0 spiro atoms. The Hall–Kier alpha value is -2.86. The quantitative estimate of drug-likeness (QED) is 0.808. The smallest absolute Gasteiger partial charge is 0.244 e. The molecule has 0 aliphatic carbocycles. The molecule has 2 rings (SSSR count). The number of hydrogen-bond acceptors (Lipinski definition) is 4. The van der Waals surface area contributed by atoms with Gasteiger partial charge in [0.2, 0.25) is 11.8 Å². The van der Waals surface area contributed by atoms with Gasteiger partial charge in [-0.25, -0.2) is 0 Å². The van der Waals surface area contributed by atoms with E-state index < -0.39 is 6.04 Å². The average Bonchev–Trinajstić information content (AvgIpc) is 2.65. The number of nitrogens with two attached hydrogens (primary N) is 1. The fraction of sp³-hybridized carbons (Fsp3) is 0.263. The Labute approximate surface area is 147 Å². The fourth-order valence-electron chi connectivity index (χ4n) is 2.42. The van der Waals surface area contributed by atoms with Crippen LogP contribution >= 0.6 is 0 Å². The summed E-state index contributed by atoms with van der Waals surface area (Å²) in [5, 5.41) is 2.76. The van der Waals surface area contributed by atoms with Gasteiger partial charge >= 0.3 is 0 Å². The van der Waals surface area contributed by atoms with Crippen molar-refractivity contribution in [2.75, 3.05) is 25.5 Å². The molecule has 2 amide bonds. The number of nitrogens with zero attached hydrogens (tertiary/aromatic N) is 1. The summed E-state index contributed by atoms with van der Waals surface area (Å²) in [4.78, 5) is 26.3. The van der Waals surface area contributed by atoms with Gasteiger partial charge < -0.3 is 20.7 Å². The minimum Gasteiger partial charge on any atom is -0.497 e. The molecular weight excluding hydrogens is 318 g/mol. The Bertz CT molecular complexity index is 719. The second-order valence-corrected chi connectivity index (χ2v) is 5.52. The first-order valence-corrected chi connectivity index (χ1v) is 8.08. The summed E-state index contributed by atoms with van der Waals surface area (Å²) in [5.41, 5.74) is 7.37. The minimum atomic E-state index is -0.786. The van der Waals surface area contributed by atoms with Gasteiger partial charge in [-0.3, -0.25) is 9.59 Å². The van der Waals surface area contributed by atoms with Crippen LogP contribution in [0.1, 0.15) is 18.5 Å². The largest absolute Gasteiger partial charge is 0.497 e. The van der Waals surface area contributed by atoms with E-state index in [2.05, 4.69) is 5.32 Å². The molecule has 6 heteroatoms. The molecule has 0 fully saturated rings. The molecule has 2 aromatic carbocycles. The predicted octanol–water partition coefficient (Wildman–Crippen LogP) is 2.18. The average molecular weight is 341 g/mol. The predicted molar refractivity (Wildman–Crippen MR) is 97.2 cm³/mol. The molecule has 0 aromatic heterocycles. The van der Waals surface area contributed by atoms with E-state index in [0.717, 1.165) is 5.56 Å². The lowest BCUT2D eigenvalue weighted by Gasteiger charge is -2.24. The second kappa shape index (κ2) is 8.84. The first kappa shape index (κ1) is 18.5. The van der Waals surface area contributed by atoms with Crippen molar-refractivity contribution in [3.8, 4) is 5.75 Å². The van der Waals surface area contributed by atoms with Gasteiger partial charge in [-0.15, -0.1) is 0 Å². The van der Waals surface area contributed by atoms with Crippen molar-refractivity contribution >= 4 is 17.5 Å². The summed E-state index contributed by atoms with van der Waals surface area (Å²) >= 11 is 0. The van der Waals surface area contributed by atoms with Crippen molar-refractivity contribution in [3.05, 3.63) is 60.2 Å². The van der Waals surface area contributed by atoms with Crippen LogP contribution in [-0.4, -0.2) is 36.9 Å². The molecule has 1 atom stereocenters. The molecular formula is C19H23N3O3. The van der Waals surface area contributed by atoms with Crippen molar-refractivity contribution in [1.29, 1.82) is 0 Å². The maximum Gasteiger partial charge on any atom is 0.244 e. The SMILES string of the molecule is CCN(CC(=O)Nc1cccc(OC)c1)C(=O)C(N)c1ccccc1. The highest BCUT2D eigenvalue weighted by molar-refractivity contribution is 5.95. The molecule has 3 N–H and O–H groups in total. The highest BCUT2D eigenvalue weighted by Crippen LogP contribution is 2.17. The number of benzene rings is 2. The maximum atomic E-state index is 12.6. The first-order chi connectivity index (χ1) is 12.0. The first-order valence-electron chi connectivity index (χ1n) is 8.08. The van der Waals surface area contributed by atoms with E-state index in [1.165, 1.54) is 4.90 Å². The van der Waals surface area contributed by atoms with Crippen LogP contribution < -0.4 is 15.8 Å². The van der Waals surface area contributed by atoms with Gasteiger partial charge in [0.25, 0.3) is 0 Å². The summed E-state index contributed by atoms with van der Waals surface area (Å²) in [6, 6.07) is 15.4. The third-order valence-electron chi connectivity index (χ3n) is 3.81. The molecule has 6 nitrogen and oxygen atoms in total. The summed E-state index contributed by atoms with van der Waals surface area (Å²) < 4.78 is 5.13. The number of carbonyl (C=O) groups excluding carboxylic acids is 2. The summed E-state index contributed by atoms with van der Waals surface area (Å²) in [6.07, 6.45) is 0. The lowest BCUT2D eigenvalue weighted by Crippen LogP contribution is -2.42. The molecule has 0 radical (unpaired) electrons. The number of anilines is 1. The van der Waals surface area contributed by atoms with Crippen LogP contribution in [0.15, 0.2) is 54.6 Å². The Morgan fingerprint density at radius 2 is 1.88 bits per heavy atom. The molecule has 0 aliphatic heterocycles. The zero-order valence-corrected chi connectivity index (χ0v) is 14.4. The van der Waals surface area contributed by atoms with Crippen molar-refractivity contribution < 1.29 is 14.3 Å². The van der Waals surface area contributed by atoms with E-state index in [1.807, 2.05) is 25.1 Å². The third-order valence-corrected chi connectivity index (χ3v) is 3.81. The minimum absolute atomic E-state index is 0.0624. The third kappa shape index (κ3) is 5.06. The van der Waals surface area contributed by atoms with Crippen LogP contribution in [0.25, 0.3) is 0 Å². The van der Waals surface area contributed by atoms with E-state index >= 15 is 0 Å². The Balaban J connectivity index is 2.00. The van der Waals surface area contributed by atoms with Crippen LogP contribution in [0, 0.1) is 0 Å². The standard InChI is InChI=1S/C19H23N3O3/c1-3-22(19(24)18(20)14-8-5-4-6-9-14)13-17(23)21-15-10-7-11-16(12-15)25-2/h4-12,18H,3,13,20H2,1-2H3,(H,21,23). The van der Waals surface area contributed by atoms with Crippen molar-refractivity contribution in [3.63, 3.8) is 0 Å². The second-order valence-electron chi connectivity index (χ2n) is 5.52. The van der Waals surface area contributed by atoms with Gasteiger partial charge in [-0.05, 0) is 24.6 Å². The summed E-state index contributed by atoms with van der Waals surface area (Å²) in [6.45, 7) is 2.15. The van der Waals surface area contributed by atoms with Gasteiger partial charge in [0.15, 0.2) is 0 Å². The van der Waals surface area contributed by atoms with E-state index in [9.17, 15) is 9.59 Å². The molecule has 1 unspecified atom stereocenters. The van der Waals surface area contributed by atoms with E-state index in [0.29, 0.717) is 18.0 Å². The molecule has 0 saturated heterocycles. The fourth-order valence-corrected chi connectivity index (χ4v) is 2.42. The highest BCUT2D eigenvalue weighted by Gasteiger charge is 2.23. The molecule has 132 valence electrons. The molecule has 0 saturated carbocycles. The van der Waals surface area contributed by atoms with Crippen LogP contribution in [-0.2, 0) is 9.59 Å². The van der Waals surface area contributed by atoms with E-state index in [4.69, 9.17) is 10.5 Å². The number of hydrogen-bond donors (Lipinski definition) is 2. The molecule has 0 aliphatic rings. The van der Waals surface area contributed by atoms with E-state index in [-0.39, 0.29) is 18.4 Å². The van der Waals surface area contributed by atoms with Crippen molar-refractivity contribution in [2.45, 2.75) is 13.0 Å². The van der Waals surface area contributed by atoms with Crippen molar-refractivity contribution in [2.24, 2.45) is 5.73 Å². The number of rotatable bonds is 7. The summed E-state index contributed by atoms with van der Waals surface area (Å²) in [7, 11) is 1.56. The van der Waals surface area contributed by atoms with Gasteiger partial charge in [-0.1, -0.05) is 36.4 Å². The number of ether oxygens (including phenoxy) is 1. The number of amides is 2. The normalized spacial score (nSPS) is 11.5. The topological polar surface area (TPSA) is 84.7 Å². The van der Waals surface area contributed by atoms with E-state index in [1.54, 1.807) is 43.5 Å². The molecule has 0 heterocycles. The number of carbonyl (C=O) groups is 2. The highest BCUT2D eigenvalue weighted by atomic mass is 16.5. The van der Waals surface area contributed by atoms with Crippen LogP contribution in [0.4, 0.5) is 5.69 Å². The lowest BCUT2D eigenvalue weighted by atomic mass is 10.1. The Kier molecular flexibility index (Phi) is 6.54. The van der Waals surface area contributed by atoms with Gasteiger partial charge in [-0.2, -0.15) is 0 Å². The van der Waals surface area contributed by atoms with Crippen LogP contribution in [0.2, 0.25) is 0 Å². The van der Waals surface area contributed by atoms with Crippen molar-refractivity contribution in [1.82, 2.24) is 4.90 Å². The Morgan fingerprint density at radius 3 is 2.52 bits per heavy atom. The van der Waals surface area contributed by atoms with Gasteiger partial charge in [0.1, 0.15) is 11.8 Å². The monoisotopic (exact) mass is 341 g/mol. The molecule has 0 bridgehead atoms. The maximum absolute atomic E-state index is 12.6. The zero-order valence-electron chi connectivity index (χ0n) is 14.4. The van der Waals surface area contributed by atoms with Crippen LogP contribution in [0.3, 0.4) is 0 Å². The number of likely N-dealkylation sites (N-methyl/N-ethyl adjacent to an activating group) is 1. The zero-order chi connectivity index (χ0) is 18.2. The Morgan fingerprint density at radius 1 is 1.16 bits per heavy atom. The van der Waals surface area contributed by atoms with Gasteiger partial charge in [0.05, 0.1) is 13.7 Å². The summed E-state index contributed by atoms with van der Waals surface area (Å²) in [5.74, 6) is 0.0746. The molecule has 2 aromatic rings.